The van der Waals surface area contributed by atoms with E-state index >= 15 is 0 Å². The van der Waals surface area contributed by atoms with Crippen LogP contribution in [0.5, 0.6) is 0 Å². The van der Waals surface area contributed by atoms with Crippen molar-refractivity contribution in [3.63, 3.8) is 0 Å². The highest BCUT2D eigenvalue weighted by atomic mass is 31.2. The first-order valence-corrected chi connectivity index (χ1v) is 21.8. The van der Waals surface area contributed by atoms with Gasteiger partial charge in [0.1, 0.15) is 0 Å². The van der Waals surface area contributed by atoms with Gasteiger partial charge in [0.25, 0.3) is 0 Å². The van der Waals surface area contributed by atoms with Gasteiger partial charge in [-0.25, -0.2) is 4.57 Å². The number of rotatable bonds is 38. The van der Waals surface area contributed by atoms with Crippen LogP contribution in [0.15, 0.2) is 12.2 Å². The van der Waals surface area contributed by atoms with E-state index in [1.54, 1.807) is 6.08 Å². The van der Waals surface area contributed by atoms with Crippen LogP contribution in [0.4, 0.5) is 0 Å². The lowest BCUT2D eigenvalue weighted by Gasteiger charge is -2.23. The van der Waals surface area contributed by atoms with E-state index in [9.17, 15) is 19.4 Å². The number of phosphoric ester groups is 1. The smallest absolute Gasteiger partial charge is 0.387 e. The number of aliphatic hydroxyl groups is 1. The van der Waals surface area contributed by atoms with E-state index in [2.05, 4.69) is 19.2 Å². The zero-order chi connectivity index (χ0) is 35.4. The number of hydrogen-bond donors (Lipinski definition) is 4. The van der Waals surface area contributed by atoms with Gasteiger partial charge in [-0.2, -0.15) is 0 Å². The Morgan fingerprint density at radius 3 is 1.48 bits per heavy atom. The molecule has 0 aliphatic heterocycles. The second-order valence-electron chi connectivity index (χ2n) is 13.9. The van der Waals surface area contributed by atoms with E-state index in [0.29, 0.717) is 6.42 Å². The number of unbranched alkanes of at least 4 members (excludes halogenated alkanes) is 26. The Bertz CT molecular complexity index is 769. The predicted octanol–water partition coefficient (Wildman–Crippen LogP) is 10.8. The van der Waals surface area contributed by atoms with Gasteiger partial charge in [0.15, 0.2) is 0 Å². The molecule has 3 unspecified atom stereocenters. The molecule has 1 amide bonds. The minimum absolute atomic E-state index is 0.0812. The molecule has 0 aromatic heterocycles. The van der Waals surface area contributed by atoms with Crippen LogP contribution >= 0.6 is 7.82 Å². The van der Waals surface area contributed by atoms with Gasteiger partial charge in [-0.3, -0.25) is 13.8 Å². The Balaban J connectivity index is 4.25. The number of allylic oxidation sites excluding steroid dienone is 1. The lowest BCUT2D eigenvalue weighted by molar-refractivity contribution is -0.123. The molecule has 48 heavy (non-hydrogen) atoms. The SMILES string of the molecule is CCCCCCCCCCCCCCCC/C=C/C(O)C(COP(=O)(O)OCCN)NC(=O)CCCCCCCCCCCCCCC. The van der Waals surface area contributed by atoms with E-state index < -0.39 is 20.0 Å². The van der Waals surface area contributed by atoms with Crippen molar-refractivity contribution in [2.45, 2.75) is 212 Å². The Morgan fingerprint density at radius 1 is 0.667 bits per heavy atom. The van der Waals surface area contributed by atoms with Crippen LogP contribution in [0, 0.1) is 0 Å². The minimum atomic E-state index is -4.33. The maximum absolute atomic E-state index is 12.7. The summed E-state index contributed by atoms with van der Waals surface area (Å²) in [6, 6.07) is -0.853. The molecule has 0 aliphatic rings. The number of aliphatic hydroxyl groups excluding tert-OH is 1. The fourth-order valence-electron chi connectivity index (χ4n) is 6.01. The van der Waals surface area contributed by atoms with Crippen molar-refractivity contribution in [1.29, 1.82) is 0 Å². The Hall–Kier alpha value is -0.760. The number of carbonyl (C=O) groups excluding carboxylic acids is 1. The van der Waals surface area contributed by atoms with Gasteiger partial charge < -0.3 is 21.1 Å². The van der Waals surface area contributed by atoms with Crippen molar-refractivity contribution < 1.29 is 28.4 Å². The van der Waals surface area contributed by atoms with Gasteiger partial charge in [-0.05, 0) is 19.3 Å². The second-order valence-corrected chi connectivity index (χ2v) is 15.3. The summed E-state index contributed by atoms with van der Waals surface area (Å²) in [5.74, 6) is -0.193. The van der Waals surface area contributed by atoms with E-state index in [0.717, 1.165) is 38.5 Å². The lowest BCUT2D eigenvalue weighted by atomic mass is 10.0. The third-order valence-corrected chi connectivity index (χ3v) is 10.1. The van der Waals surface area contributed by atoms with Crippen LogP contribution in [0.2, 0.25) is 0 Å². The number of hydrogen-bond acceptors (Lipinski definition) is 6. The zero-order valence-corrected chi connectivity index (χ0v) is 32.4. The number of carbonyl (C=O) groups is 1. The molecule has 3 atom stereocenters. The van der Waals surface area contributed by atoms with Crippen LogP contribution in [0.1, 0.15) is 200 Å². The van der Waals surface area contributed by atoms with Crippen molar-refractivity contribution in [3.8, 4) is 0 Å². The molecule has 286 valence electrons. The van der Waals surface area contributed by atoms with Gasteiger partial charge in [0.2, 0.25) is 5.91 Å². The van der Waals surface area contributed by atoms with Crippen molar-refractivity contribution >= 4 is 13.7 Å². The molecule has 0 heterocycles. The second kappa shape index (κ2) is 36.0. The average Bonchev–Trinajstić information content (AvgIpc) is 3.07. The molecular weight excluding hydrogens is 623 g/mol. The molecular formula is C39H79N2O6P. The molecule has 0 fully saturated rings. The van der Waals surface area contributed by atoms with E-state index in [1.165, 1.54) is 141 Å². The summed E-state index contributed by atoms with van der Waals surface area (Å²) in [5, 5.41) is 13.6. The maximum atomic E-state index is 12.7. The minimum Gasteiger partial charge on any atom is -0.387 e. The quantitative estimate of drug-likeness (QED) is 0.0286. The maximum Gasteiger partial charge on any atom is 0.472 e. The number of phosphoric acid groups is 1. The molecule has 9 heteroatoms. The van der Waals surface area contributed by atoms with E-state index in [-0.39, 0.29) is 25.7 Å². The summed E-state index contributed by atoms with van der Waals surface area (Å²) in [7, 11) is -4.33. The van der Waals surface area contributed by atoms with Gasteiger partial charge in [0.05, 0.1) is 25.4 Å². The first-order valence-electron chi connectivity index (χ1n) is 20.3. The molecule has 5 N–H and O–H groups in total. The van der Waals surface area contributed by atoms with Crippen LogP contribution in [-0.4, -0.2) is 47.8 Å². The van der Waals surface area contributed by atoms with Crippen molar-refractivity contribution in [3.05, 3.63) is 12.2 Å². The summed E-state index contributed by atoms with van der Waals surface area (Å²) in [5.41, 5.74) is 5.36. The molecule has 8 nitrogen and oxygen atoms in total. The molecule has 0 radical (unpaired) electrons. The van der Waals surface area contributed by atoms with Crippen LogP contribution in [0.3, 0.4) is 0 Å². The third kappa shape index (κ3) is 33.7. The fraction of sp³-hybridized carbons (Fsp3) is 0.923. The van der Waals surface area contributed by atoms with Gasteiger partial charge in [-0.1, -0.05) is 187 Å². The summed E-state index contributed by atoms with van der Waals surface area (Å²) < 4.78 is 22.1. The Labute approximate surface area is 296 Å². The van der Waals surface area contributed by atoms with Crippen LogP contribution in [0.25, 0.3) is 0 Å². The molecule has 0 saturated carbocycles. The highest BCUT2D eigenvalue weighted by Gasteiger charge is 2.26. The first-order chi connectivity index (χ1) is 23.4. The summed E-state index contributed by atoms with van der Waals surface area (Å²) in [4.78, 5) is 22.6. The fourth-order valence-corrected chi connectivity index (χ4v) is 6.77. The Kier molecular flexibility index (Phi) is 35.5. The standard InChI is InChI=1S/C39H79N2O6P/c1-3-5-7-9-11-13-15-17-18-19-21-22-24-26-28-30-32-38(42)37(36-47-48(44,45)46-35-34-40)41-39(43)33-31-29-27-25-23-20-16-14-12-10-8-6-4-2/h30,32,37-38,42H,3-29,31,33-36,40H2,1-2H3,(H,41,43)(H,44,45)/b32-30+. The molecule has 0 saturated heterocycles. The van der Waals surface area contributed by atoms with E-state index in [4.69, 9.17) is 14.8 Å². The van der Waals surface area contributed by atoms with Crippen molar-refractivity contribution in [2.75, 3.05) is 19.8 Å². The zero-order valence-electron chi connectivity index (χ0n) is 31.5. The summed E-state index contributed by atoms with van der Waals surface area (Å²) in [6.45, 7) is 4.14. The topological polar surface area (TPSA) is 131 Å². The molecule has 0 rings (SSSR count). The normalized spacial score (nSPS) is 14.4. The first kappa shape index (κ1) is 47.2. The molecule has 0 aromatic carbocycles. The van der Waals surface area contributed by atoms with E-state index in [1.807, 2.05) is 6.08 Å². The van der Waals surface area contributed by atoms with Gasteiger partial charge in [-0.15, -0.1) is 0 Å². The summed E-state index contributed by atoms with van der Waals surface area (Å²) >= 11 is 0. The molecule has 0 aliphatic carbocycles. The van der Waals surface area contributed by atoms with Gasteiger partial charge >= 0.3 is 7.82 Å². The monoisotopic (exact) mass is 703 g/mol. The van der Waals surface area contributed by atoms with Crippen LogP contribution in [-0.2, 0) is 18.4 Å². The number of nitrogens with one attached hydrogen (secondary N) is 1. The predicted molar refractivity (Wildman–Crippen MR) is 203 cm³/mol. The third-order valence-electron chi connectivity index (χ3n) is 9.11. The average molecular weight is 703 g/mol. The number of nitrogens with two attached hydrogens (primary N) is 1. The summed E-state index contributed by atoms with van der Waals surface area (Å²) in [6.07, 6.45) is 38.2. The molecule has 0 bridgehead atoms. The molecule has 0 aromatic rings. The van der Waals surface area contributed by atoms with Crippen LogP contribution < -0.4 is 11.1 Å². The largest absolute Gasteiger partial charge is 0.472 e. The number of amides is 1. The molecule has 0 spiro atoms. The highest BCUT2D eigenvalue weighted by molar-refractivity contribution is 7.47. The Morgan fingerprint density at radius 2 is 1.06 bits per heavy atom. The van der Waals surface area contributed by atoms with Gasteiger partial charge in [0, 0.05) is 13.0 Å². The van der Waals surface area contributed by atoms with Crippen molar-refractivity contribution in [1.82, 2.24) is 5.32 Å². The van der Waals surface area contributed by atoms with Crippen molar-refractivity contribution in [2.24, 2.45) is 5.73 Å². The lowest BCUT2D eigenvalue weighted by Crippen LogP contribution is -2.45. The highest BCUT2D eigenvalue weighted by Crippen LogP contribution is 2.43.